The van der Waals surface area contributed by atoms with Crippen LogP contribution in [0.1, 0.15) is 42.0 Å². The predicted molar refractivity (Wildman–Crippen MR) is 66.7 cm³/mol. The fourth-order valence-corrected chi connectivity index (χ4v) is 1.41. The summed E-state index contributed by atoms with van der Waals surface area (Å²) in [4.78, 5) is 0. The minimum Gasteiger partial charge on any atom is -0.508 e. The molecule has 4 nitrogen and oxygen atoms in total. The lowest BCUT2D eigenvalue weighted by Crippen LogP contribution is -2.38. The van der Waals surface area contributed by atoms with Crippen LogP contribution in [0.2, 0.25) is 0 Å². The van der Waals surface area contributed by atoms with Gasteiger partial charge >= 0.3 is 0 Å². The van der Waals surface area contributed by atoms with Crippen molar-refractivity contribution in [2.45, 2.75) is 38.9 Å². The number of nitrogens with one attached hydrogen (secondary N) is 1. The summed E-state index contributed by atoms with van der Waals surface area (Å²) in [5.41, 5.74) is -0.303. The van der Waals surface area contributed by atoms with E-state index < -0.39 is 18.5 Å². The van der Waals surface area contributed by atoms with Crippen LogP contribution in [-0.4, -0.2) is 27.4 Å². The Hall–Kier alpha value is -1.10. The highest BCUT2D eigenvalue weighted by Crippen LogP contribution is 2.22. The summed E-state index contributed by atoms with van der Waals surface area (Å²) in [7, 11) is 0. The van der Waals surface area contributed by atoms with Crippen molar-refractivity contribution in [1.82, 2.24) is 5.32 Å². The molecule has 1 unspecified atom stereocenters. The molecule has 0 bridgehead atoms. The van der Waals surface area contributed by atoms with Gasteiger partial charge < -0.3 is 20.6 Å². The first-order valence-electron chi connectivity index (χ1n) is 6.94. The fraction of sp³-hybridized carbons (Fsp3) is 0.538. The standard InChI is InChI=1S/C13H21NO3/c1-13(2,3)14-7-12(17)9-4-5-11(16)10(6-9)8-15/h4-6,12,14-17H,7-8H2,1-3H3/i1D3. The number of benzene rings is 1. The monoisotopic (exact) mass is 242 g/mol. The molecule has 1 atom stereocenters. The van der Waals surface area contributed by atoms with E-state index in [0.29, 0.717) is 11.1 Å². The predicted octanol–water partition coefficient (Wildman–Crippen LogP) is 1.31. The van der Waals surface area contributed by atoms with Gasteiger partial charge in [0.15, 0.2) is 0 Å². The molecule has 0 radical (unpaired) electrons. The molecule has 1 rings (SSSR count). The maximum absolute atomic E-state index is 10.1. The van der Waals surface area contributed by atoms with Crippen LogP contribution >= 0.6 is 0 Å². The summed E-state index contributed by atoms with van der Waals surface area (Å²) < 4.78 is 22.2. The number of hydrogen-bond donors (Lipinski definition) is 4. The Labute approximate surface area is 106 Å². The van der Waals surface area contributed by atoms with Gasteiger partial charge in [-0.1, -0.05) is 6.07 Å². The summed E-state index contributed by atoms with van der Waals surface area (Å²) in [5, 5.41) is 31.4. The third kappa shape index (κ3) is 4.34. The van der Waals surface area contributed by atoms with Crippen molar-refractivity contribution in [2.75, 3.05) is 6.54 Å². The van der Waals surface area contributed by atoms with Crippen LogP contribution < -0.4 is 5.32 Å². The Morgan fingerprint density at radius 2 is 2.18 bits per heavy atom. The van der Waals surface area contributed by atoms with Crippen LogP contribution in [-0.2, 0) is 6.61 Å². The summed E-state index contributed by atoms with van der Waals surface area (Å²) in [6, 6.07) is 4.41. The lowest BCUT2D eigenvalue weighted by atomic mass is 10.0. The number of phenols is 1. The molecule has 0 fully saturated rings. The zero-order valence-corrected chi connectivity index (χ0v) is 10.1. The first kappa shape index (κ1) is 9.88. The number of β-amino-alcohol motifs (C(OH)–C–C–N with tert-alkyl or cyclic N) is 1. The SMILES string of the molecule is [2H]C([2H])([2H])C(C)(C)NCC(O)c1ccc(O)c(CO)c1. The van der Waals surface area contributed by atoms with Gasteiger partial charge in [-0.2, -0.15) is 0 Å². The molecule has 0 amide bonds. The van der Waals surface area contributed by atoms with E-state index in [9.17, 15) is 10.2 Å². The molecule has 0 aliphatic carbocycles. The van der Waals surface area contributed by atoms with Gasteiger partial charge in [0.2, 0.25) is 0 Å². The molecule has 0 aliphatic rings. The Morgan fingerprint density at radius 1 is 1.47 bits per heavy atom. The van der Waals surface area contributed by atoms with E-state index in [2.05, 4.69) is 5.32 Å². The quantitative estimate of drug-likeness (QED) is 0.642. The number of aliphatic hydroxyl groups excluding tert-OH is 2. The number of rotatable bonds is 4. The molecule has 0 spiro atoms. The molecule has 1 aromatic carbocycles. The molecule has 4 N–H and O–H groups in total. The van der Waals surface area contributed by atoms with Crippen LogP contribution in [0.25, 0.3) is 0 Å². The Balaban J connectivity index is 2.75. The summed E-state index contributed by atoms with van der Waals surface area (Å²) in [5.74, 6) is -0.0424. The lowest BCUT2D eigenvalue weighted by molar-refractivity contribution is 0.163. The molecule has 0 aromatic heterocycles. The van der Waals surface area contributed by atoms with Crippen LogP contribution in [0, 0.1) is 0 Å². The Kier molecular flexibility index (Phi) is 3.19. The second kappa shape index (κ2) is 5.49. The average Bonchev–Trinajstić information content (AvgIpc) is 2.35. The molecule has 0 heterocycles. The van der Waals surface area contributed by atoms with Crippen LogP contribution in [0.15, 0.2) is 18.2 Å². The largest absolute Gasteiger partial charge is 0.508 e. The normalized spacial score (nSPS) is 17.1. The maximum Gasteiger partial charge on any atom is 0.121 e. The van der Waals surface area contributed by atoms with E-state index in [4.69, 9.17) is 9.22 Å². The smallest absolute Gasteiger partial charge is 0.121 e. The van der Waals surface area contributed by atoms with E-state index >= 15 is 0 Å². The average molecular weight is 242 g/mol. The van der Waals surface area contributed by atoms with Gasteiger partial charge in [0, 0.05) is 21.8 Å². The molecule has 1 aromatic rings. The zero-order valence-electron chi connectivity index (χ0n) is 13.1. The summed E-state index contributed by atoms with van der Waals surface area (Å²) >= 11 is 0. The number of aliphatic hydroxyl groups is 2. The van der Waals surface area contributed by atoms with Gasteiger partial charge in [0.25, 0.3) is 0 Å². The third-order valence-corrected chi connectivity index (χ3v) is 2.40. The van der Waals surface area contributed by atoms with Gasteiger partial charge in [0.05, 0.1) is 12.7 Å². The second-order valence-electron chi connectivity index (χ2n) is 4.57. The lowest BCUT2D eigenvalue weighted by Gasteiger charge is -2.23. The Bertz CT molecular complexity index is 461. The first-order chi connectivity index (χ1) is 9.08. The van der Waals surface area contributed by atoms with E-state index in [1.807, 2.05) is 0 Å². The van der Waals surface area contributed by atoms with Crippen LogP contribution in [0.4, 0.5) is 0 Å². The molecule has 4 heteroatoms. The van der Waals surface area contributed by atoms with Gasteiger partial charge in [-0.15, -0.1) is 0 Å². The van der Waals surface area contributed by atoms with Crippen LogP contribution in [0.3, 0.4) is 0 Å². The topological polar surface area (TPSA) is 72.7 Å². The molecule has 96 valence electrons. The molecule has 0 aliphatic heterocycles. The minimum absolute atomic E-state index is 0.0424. The van der Waals surface area contributed by atoms with Crippen molar-refractivity contribution in [3.63, 3.8) is 0 Å². The molecule has 0 saturated heterocycles. The maximum atomic E-state index is 10.1. The van der Waals surface area contributed by atoms with Crippen molar-refractivity contribution in [3.8, 4) is 5.75 Å². The van der Waals surface area contributed by atoms with E-state index in [-0.39, 0.29) is 18.9 Å². The number of aromatic hydroxyl groups is 1. The van der Waals surface area contributed by atoms with Crippen molar-refractivity contribution in [2.24, 2.45) is 0 Å². The summed E-state index contributed by atoms with van der Waals surface area (Å²) in [6.07, 6.45) is -0.928. The first-order valence-corrected chi connectivity index (χ1v) is 5.44. The molecule has 0 saturated carbocycles. The zero-order chi connectivity index (χ0) is 15.6. The van der Waals surface area contributed by atoms with E-state index in [1.54, 1.807) is 13.8 Å². The van der Waals surface area contributed by atoms with Crippen LogP contribution in [0.5, 0.6) is 5.75 Å². The van der Waals surface area contributed by atoms with Crippen molar-refractivity contribution >= 4 is 0 Å². The van der Waals surface area contributed by atoms with Gasteiger partial charge in [0.1, 0.15) is 5.75 Å². The van der Waals surface area contributed by atoms with Gasteiger partial charge in [-0.3, -0.25) is 0 Å². The highest BCUT2D eigenvalue weighted by Gasteiger charge is 2.14. The molecule has 17 heavy (non-hydrogen) atoms. The van der Waals surface area contributed by atoms with E-state index in [1.165, 1.54) is 18.2 Å². The molecular weight excluding hydrogens is 218 g/mol. The van der Waals surface area contributed by atoms with Crippen molar-refractivity contribution in [3.05, 3.63) is 29.3 Å². The Morgan fingerprint density at radius 3 is 2.76 bits per heavy atom. The van der Waals surface area contributed by atoms with Crippen molar-refractivity contribution in [1.29, 1.82) is 0 Å². The summed E-state index contributed by atoms with van der Waals surface area (Å²) in [6.45, 7) is 0.630. The van der Waals surface area contributed by atoms with Gasteiger partial charge in [-0.25, -0.2) is 0 Å². The second-order valence-corrected chi connectivity index (χ2v) is 4.57. The molecular formula is C13H21NO3. The minimum atomic E-state index is -2.18. The van der Waals surface area contributed by atoms with E-state index in [0.717, 1.165) is 0 Å². The highest BCUT2D eigenvalue weighted by molar-refractivity contribution is 5.36. The van der Waals surface area contributed by atoms with Crippen molar-refractivity contribution < 1.29 is 19.4 Å². The third-order valence-electron chi connectivity index (χ3n) is 2.40. The highest BCUT2D eigenvalue weighted by atomic mass is 16.3. The van der Waals surface area contributed by atoms with Gasteiger partial charge in [-0.05, 0) is 38.4 Å². The fourth-order valence-electron chi connectivity index (χ4n) is 1.41. The number of hydrogen-bond acceptors (Lipinski definition) is 4.